The van der Waals surface area contributed by atoms with Gasteiger partial charge in [0.1, 0.15) is 11.2 Å². The second kappa shape index (κ2) is 6.27. The van der Waals surface area contributed by atoms with Crippen LogP contribution in [0.2, 0.25) is 0 Å². The molecule has 0 radical (unpaired) electrons. The molecule has 134 valence electrons. The monoisotopic (exact) mass is 356 g/mol. The van der Waals surface area contributed by atoms with Crippen molar-refractivity contribution in [3.8, 4) is 0 Å². The number of carbonyl (C=O) groups excluding carboxylic acids is 1. The number of nitro benzene ring substituents is 1. The number of nitrogen functional groups attached to an aromatic ring is 1. The molecule has 0 aliphatic carbocycles. The number of nitrogens with two attached hydrogens (primary N) is 1. The SMILES string of the molecule is CN(C)c1nc(N)c2c(NC(=O)c3cccc([N+](=O)[O-])c3)nn(C)c2n1. The van der Waals surface area contributed by atoms with E-state index in [2.05, 4.69) is 20.4 Å². The fourth-order valence-corrected chi connectivity index (χ4v) is 2.39. The quantitative estimate of drug-likeness (QED) is 0.523. The van der Waals surface area contributed by atoms with Gasteiger partial charge in [-0.25, -0.2) is 4.68 Å². The first-order chi connectivity index (χ1) is 12.3. The van der Waals surface area contributed by atoms with Gasteiger partial charge >= 0.3 is 0 Å². The Hall–Kier alpha value is -3.76. The summed E-state index contributed by atoms with van der Waals surface area (Å²) in [4.78, 5) is 33.0. The number of aromatic nitrogens is 4. The maximum absolute atomic E-state index is 12.5. The first-order valence-electron chi connectivity index (χ1n) is 7.51. The minimum atomic E-state index is -0.568. The lowest BCUT2D eigenvalue weighted by Crippen LogP contribution is -2.15. The standard InChI is InChI=1S/C15H16N8O3/c1-21(2)15-17-11(16)10-12(20-22(3)13(10)19-15)18-14(24)8-5-4-6-9(7-8)23(25)26/h4-7H,1-3H3,(H2,16,17,19)(H,18,20,24). The molecule has 11 nitrogen and oxygen atoms in total. The number of anilines is 3. The Morgan fingerprint density at radius 2 is 2.08 bits per heavy atom. The third kappa shape index (κ3) is 2.97. The van der Waals surface area contributed by atoms with Gasteiger partial charge in [0, 0.05) is 38.8 Å². The maximum atomic E-state index is 12.5. The fraction of sp³-hybridized carbons (Fsp3) is 0.200. The van der Waals surface area contributed by atoms with Crippen molar-refractivity contribution in [1.82, 2.24) is 19.7 Å². The average molecular weight is 356 g/mol. The molecule has 3 aromatic rings. The predicted molar refractivity (Wildman–Crippen MR) is 96.1 cm³/mol. The van der Waals surface area contributed by atoms with Crippen molar-refractivity contribution in [2.75, 3.05) is 30.0 Å². The van der Waals surface area contributed by atoms with Gasteiger partial charge in [0.2, 0.25) is 5.95 Å². The lowest BCUT2D eigenvalue weighted by Gasteiger charge is -2.10. The van der Waals surface area contributed by atoms with Crippen molar-refractivity contribution in [3.05, 3.63) is 39.9 Å². The van der Waals surface area contributed by atoms with Crippen molar-refractivity contribution >= 4 is 40.2 Å². The second-order valence-electron chi connectivity index (χ2n) is 5.74. The van der Waals surface area contributed by atoms with E-state index in [1.165, 1.54) is 28.9 Å². The molecule has 0 saturated carbocycles. The highest BCUT2D eigenvalue weighted by atomic mass is 16.6. The zero-order chi connectivity index (χ0) is 19.0. The van der Waals surface area contributed by atoms with E-state index in [1.807, 2.05) is 0 Å². The van der Waals surface area contributed by atoms with Crippen molar-refractivity contribution in [3.63, 3.8) is 0 Å². The Morgan fingerprint density at radius 3 is 2.73 bits per heavy atom. The summed E-state index contributed by atoms with van der Waals surface area (Å²) in [5.74, 6) is 0.210. The number of hydrogen-bond acceptors (Lipinski definition) is 8. The van der Waals surface area contributed by atoms with E-state index >= 15 is 0 Å². The summed E-state index contributed by atoms with van der Waals surface area (Å²) in [5, 5.41) is 18.1. The molecule has 0 fully saturated rings. The van der Waals surface area contributed by atoms with Crippen molar-refractivity contribution < 1.29 is 9.72 Å². The number of rotatable bonds is 4. The average Bonchev–Trinajstić information content (AvgIpc) is 2.91. The maximum Gasteiger partial charge on any atom is 0.270 e. The zero-order valence-corrected chi connectivity index (χ0v) is 14.3. The molecule has 0 bridgehead atoms. The summed E-state index contributed by atoms with van der Waals surface area (Å²) < 4.78 is 1.48. The Bertz CT molecular complexity index is 1030. The molecule has 0 saturated heterocycles. The molecule has 0 unspecified atom stereocenters. The molecule has 0 aliphatic rings. The van der Waals surface area contributed by atoms with E-state index in [0.717, 1.165) is 0 Å². The molecule has 2 aromatic heterocycles. The molecule has 0 spiro atoms. The van der Waals surface area contributed by atoms with Crippen LogP contribution in [-0.4, -0.2) is 44.7 Å². The third-order valence-electron chi connectivity index (χ3n) is 3.65. The predicted octanol–water partition coefficient (Wildman–Crippen LogP) is 1.17. The van der Waals surface area contributed by atoms with Gasteiger partial charge in [-0.05, 0) is 6.07 Å². The molecular weight excluding hydrogens is 340 g/mol. The molecule has 3 rings (SSSR count). The largest absolute Gasteiger partial charge is 0.383 e. The van der Waals surface area contributed by atoms with Gasteiger partial charge in [-0.1, -0.05) is 6.07 Å². The summed E-state index contributed by atoms with van der Waals surface area (Å²) in [6.07, 6.45) is 0. The van der Waals surface area contributed by atoms with Crippen molar-refractivity contribution in [2.24, 2.45) is 7.05 Å². The molecule has 1 amide bonds. The third-order valence-corrected chi connectivity index (χ3v) is 3.65. The van der Waals surface area contributed by atoms with Crippen molar-refractivity contribution in [1.29, 1.82) is 0 Å². The van der Waals surface area contributed by atoms with E-state index in [1.54, 1.807) is 26.0 Å². The first-order valence-corrected chi connectivity index (χ1v) is 7.51. The molecule has 0 aliphatic heterocycles. The number of non-ortho nitro benzene ring substituents is 1. The highest BCUT2D eigenvalue weighted by molar-refractivity contribution is 6.09. The van der Waals surface area contributed by atoms with Gasteiger partial charge in [0.05, 0.1) is 4.92 Å². The van der Waals surface area contributed by atoms with Gasteiger partial charge < -0.3 is 16.0 Å². The zero-order valence-electron chi connectivity index (χ0n) is 14.3. The molecule has 1 aromatic carbocycles. The Kier molecular flexibility index (Phi) is 4.12. The Morgan fingerprint density at radius 1 is 1.35 bits per heavy atom. The number of nitrogens with zero attached hydrogens (tertiary/aromatic N) is 6. The van der Waals surface area contributed by atoms with Gasteiger partial charge in [0.15, 0.2) is 11.5 Å². The first kappa shape index (κ1) is 17.1. The van der Waals surface area contributed by atoms with Gasteiger partial charge in [-0.2, -0.15) is 15.1 Å². The minimum absolute atomic E-state index is 0.127. The lowest BCUT2D eigenvalue weighted by molar-refractivity contribution is -0.384. The second-order valence-corrected chi connectivity index (χ2v) is 5.74. The van der Waals surface area contributed by atoms with Crippen LogP contribution in [0.4, 0.5) is 23.3 Å². The van der Waals surface area contributed by atoms with Crippen LogP contribution in [0.15, 0.2) is 24.3 Å². The van der Waals surface area contributed by atoms with Crippen LogP contribution < -0.4 is 16.0 Å². The Labute approximate surface area is 147 Å². The number of benzene rings is 1. The number of hydrogen-bond donors (Lipinski definition) is 2. The molecule has 11 heteroatoms. The number of fused-ring (bicyclic) bond motifs is 1. The molecular formula is C15H16N8O3. The summed E-state index contributed by atoms with van der Waals surface area (Å²) >= 11 is 0. The van der Waals surface area contributed by atoms with Crippen LogP contribution in [-0.2, 0) is 7.05 Å². The minimum Gasteiger partial charge on any atom is -0.383 e. The van der Waals surface area contributed by atoms with Crippen LogP contribution in [0.3, 0.4) is 0 Å². The highest BCUT2D eigenvalue weighted by Crippen LogP contribution is 2.28. The number of nitro groups is 1. The van der Waals surface area contributed by atoms with E-state index in [4.69, 9.17) is 5.73 Å². The fourth-order valence-electron chi connectivity index (χ4n) is 2.39. The van der Waals surface area contributed by atoms with E-state index < -0.39 is 10.8 Å². The van der Waals surface area contributed by atoms with Crippen LogP contribution in [0.5, 0.6) is 0 Å². The van der Waals surface area contributed by atoms with E-state index in [-0.39, 0.29) is 22.9 Å². The van der Waals surface area contributed by atoms with Gasteiger partial charge in [-0.15, -0.1) is 0 Å². The van der Waals surface area contributed by atoms with Crippen LogP contribution in [0, 0.1) is 10.1 Å². The molecule has 26 heavy (non-hydrogen) atoms. The summed E-state index contributed by atoms with van der Waals surface area (Å²) in [6.45, 7) is 0. The number of carbonyl (C=O) groups is 1. The topological polar surface area (TPSA) is 145 Å². The number of amides is 1. The lowest BCUT2D eigenvalue weighted by atomic mass is 10.2. The number of nitrogens with one attached hydrogen (secondary N) is 1. The van der Waals surface area contributed by atoms with E-state index in [9.17, 15) is 14.9 Å². The van der Waals surface area contributed by atoms with E-state index in [0.29, 0.717) is 17.0 Å². The summed E-state index contributed by atoms with van der Waals surface area (Å²) in [5.41, 5.74) is 6.42. The van der Waals surface area contributed by atoms with Crippen molar-refractivity contribution in [2.45, 2.75) is 0 Å². The summed E-state index contributed by atoms with van der Waals surface area (Å²) in [7, 11) is 5.22. The Balaban J connectivity index is 2.00. The smallest absolute Gasteiger partial charge is 0.270 e. The molecule has 3 N–H and O–H groups in total. The van der Waals surface area contributed by atoms with Crippen LogP contribution in [0.25, 0.3) is 11.0 Å². The van der Waals surface area contributed by atoms with Crippen LogP contribution in [0.1, 0.15) is 10.4 Å². The van der Waals surface area contributed by atoms with Gasteiger partial charge in [0.25, 0.3) is 11.6 Å². The molecule has 2 heterocycles. The normalized spacial score (nSPS) is 10.7. The molecule has 0 atom stereocenters. The summed E-state index contributed by atoms with van der Waals surface area (Å²) in [6, 6.07) is 5.40. The highest BCUT2D eigenvalue weighted by Gasteiger charge is 2.19. The number of aryl methyl sites for hydroxylation is 1. The van der Waals surface area contributed by atoms with Crippen LogP contribution >= 0.6 is 0 Å². The van der Waals surface area contributed by atoms with Gasteiger partial charge in [-0.3, -0.25) is 14.9 Å².